The molecule has 1 aliphatic heterocycles. The normalized spacial score (nSPS) is 17.0. The van der Waals surface area contributed by atoms with Gasteiger partial charge >= 0.3 is 5.97 Å². The van der Waals surface area contributed by atoms with E-state index in [-0.39, 0.29) is 5.97 Å². The van der Waals surface area contributed by atoms with Gasteiger partial charge in [-0.3, -0.25) is 4.98 Å². The van der Waals surface area contributed by atoms with Crippen molar-refractivity contribution in [3.63, 3.8) is 0 Å². The quantitative estimate of drug-likeness (QED) is 0.641. The summed E-state index contributed by atoms with van der Waals surface area (Å²) in [6.07, 6.45) is 3.83. The van der Waals surface area contributed by atoms with Crippen LogP contribution in [0.3, 0.4) is 0 Å². The number of hydrogen-bond donors (Lipinski definition) is 0. The molecular formula is C23H24N2O3. The van der Waals surface area contributed by atoms with Gasteiger partial charge in [0.05, 0.1) is 37.8 Å². The predicted molar refractivity (Wildman–Crippen MR) is 111 cm³/mol. The second-order valence-corrected chi connectivity index (χ2v) is 7.23. The first-order chi connectivity index (χ1) is 13.6. The number of fused-ring (bicyclic) bond motifs is 1. The molecular weight excluding hydrogens is 352 g/mol. The van der Waals surface area contributed by atoms with Gasteiger partial charge < -0.3 is 14.4 Å². The number of anilines is 1. The second kappa shape index (κ2) is 7.60. The zero-order valence-electron chi connectivity index (χ0n) is 16.4. The third kappa shape index (κ3) is 3.34. The SMILES string of the molecule is COC(=O)c1ccc(C)c(-c2ccc3c(N4CCOCC4C)cncc3c2)c1. The minimum Gasteiger partial charge on any atom is -0.465 e. The zero-order valence-corrected chi connectivity index (χ0v) is 16.4. The van der Waals surface area contributed by atoms with E-state index in [1.54, 1.807) is 6.07 Å². The number of morpholine rings is 1. The molecule has 1 aromatic heterocycles. The number of nitrogens with zero attached hydrogens (tertiary/aromatic N) is 2. The van der Waals surface area contributed by atoms with Crippen LogP contribution in [0, 0.1) is 6.92 Å². The third-order valence-corrected chi connectivity index (χ3v) is 5.38. The molecule has 0 spiro atoms. The van der Waals surface area contributed by atoms with Gasteiger partial charge in [-0.1, -0.05) is 18.2 Å². The van der Waals surface area contributed by atoms with Crippen LogP contribution in [0.4, 0.5) is 5.69 Å². The molecule has 0 saturated carbocycles. The van der Waals surface area contributed by atoms with Crippen molar-refractivity contribution < 1.29 is 14.3 Å². The van der Waals surface area contributed by atoms with E-state index in [0.717, 1.165) is 47.5 Å². The molecule has 4 rings (SSSR count). The number of hydrogen-bond acceptors (Lipinski definition) is 5. The molecule has 0 radical (unpaired) electrons. The summed E-state index contributed by atoms with van der Waals surface area (Å²) < 4.78 is 10.4. The molecule has 5 nitrogen and oxygen atoms in total. The molecule has 1 saturated heterocycles. The van der Waals surface area contributed by atoms with Crippen LogP contribution in [0.25, 0.3) is 21.9 Å². The summed E-state index contributed by atoms with van der Waals surface area (Å²) in [7, 11) is 1.40. The Morgan fingerprint density at radius 2 is 2.07 bits per heavy atom. The number of methoxy groups -OCH3 is 1. The highest BCUT2D eigenvalue weighted by molar-refractivity contribution is 5.97. The number of rotatable bonds is 3. The van der Waals surface area contributed by atoms with Crippen molar-refractivity contribution in [2.75, 3.05) is 31.8 Å². The van der Waals surface area contributed by atoms with Gasteiger partial charge in [0.1, 0.15) is 0 Å². The van der Waals surface area contributed by atoms with Gasteiger partial charge in [0, 0.05) is 29.6 Å². The Bertz CT molecular complexity index is 1030. The van der Waals surface area contributed by atoms with Crippen molar-refractivity contribution in [1.29, 1.82) is 0 Å². The lowest BCUT2D eigenvalue weighted by molar-refractivity contribution is 0.0601. The number of pyridine rings is 1. The van der Waals surface area contributed by atoms with Crippen molar-refractivity contribution >= 4 is 22.4 Å². The minimum atomic E-state index is -0.327. The number of benzene rings is 2. The summed E-state index contributed by atoms with van der Waals surface area (Å²) in [4.78, 5) is 18.8. The molecule has 1 atom stereocenters. The summed E-state index contributed by atoms with van der Waals surface area (Å²) in [5, 5.41) is 2.26. The number of aromatic nitrogens is 1. The summed E-state index contributed by atoms with van der Waals surface area (Å²) in [6, 6.07) is 12.4. The number of carbonyl (C=O) groups excluding carboxylic acids is 1. The van der Waals surface area contributed by atoms with Crippen LogP contribution in [0.5, 0.6) is 0 Å². The topological polar surface area (TPSA) is 51.7 Å². The molecule has 28 heavy (non-hydrogen) atoms. The van der Waals surface area contributed by atoms with E-state index in [9.17, 15) is 4.79 Å². The second-order valence-electron chi connectivity index (χ2n) is 7.23. The first-order valence-corrected chi connectivity index (χ1v) is 9.50. The van der Waals surface area contributed by atoms with Crippen molar-refractivity contribution in [2.24, 2.45) is 0 Å². The van der Waals surface area contributed by atoms with Crippen LogP contribution in [0.2, 0.25) is 0 Å². The van der Waals surface area contributed by atoms with Crippen LogP contribution in [0.1, 0.15) is 22.8 Å². The van der Waals surface area contributed by atoms with Gasteiger partial charge in [-0.15, -0.1) is 0 Å². The highest BCUT2D eigenvalue weighted by Gasteiger charge is 2.21. The maximum atomic E-state index is 11.9. The van der Waals surface area contributed by atoms with E-state index in [1.165, 1.54) is 12.5 Å². The van der Waals surface area contributed by atoms with Crippen LogP contribution >= 0.6 is 0 Å². The molecule has 1 unspecified atom stereocenters. The van der Waals surface area contributed by atoms with Crippen LogP contribution in [-0.2, 0) is 9.47 Å². The fourth-order valence-electron chi connectivity index (χ4n) is 3.82. The highest BCUT2D eigenvalue weighted by Crippen LogP contribution is 2.33. The Labute approximate surface area is 164 Å². The highest BCUT2D eigenvalue weighted by atomic mass is 16.5. The Balaban J connectivity index is 1.78. The molecule has 2 heterocycles. The first-order valence-electron chi connectivity index (χ1n) is 9.50. The lowest BCUT2D eigenvalue weighted by Crippen LogP contribution is -2.43. The lowest BCUT2D eigenvalue weighted by Gasteiger charge is -2.35. The molecule has 0 N–H and O–H groups in total. The first kappa shape index (κ1) is 18.4. The minimum absolute atomic E-state index is 0.319. The van der Waals surface area contributed by atoms with Gasteiger partial charge in [-0.05, 0) is 48.7 Å². The van der Waals surface area contributed by atoms with Crippen molar-refractivity contribution in [3.05, 3.63) is 59.9 Å². The average molecular weight is 376 g/mol. The number of esters is 1. The van der Waals surface area contributed by atoms with Crippen LogP contribution < -0.4 is 4.90 Å². The molecule has 2 aromatic carbocycles. The van der Waals surface area contributed by atoms with E-state index in [1.807, 2.05) is 31.5 Å². The van der Waals surface area contributed by atoms with Crippen molar-refractivity contribution in [1.82, 2.24) is 4.98 Å². The van der Waals surface area contributed by atoms with E-state index in [0.29, 0.717) is 11.6 Å². The van der Waals surface area contributed by atoms with E-state index in [2.05, 4.69) is 35.0 Å². The molecule has 1 fully saturated rings. The summed E-state index contributed by atoms with van der Waals surface area (Å²) in [5.41, 5.74) is 4.88. The van der Waals surface area contributed by atoms with E-state index >= 15 is 0 Å². The predicted octanol–water partition coefficient (Wildman–Crippen LogP) is 4.22. The fraction of sp³-hybridized carbons (Fsp3) is 0.304. The van der Waals surface area contributed by atoms with Crippen LogP contribution in [0.15, 0.2) is 48.8 Å². The van der Waals surface area contributed by atoms with Crippen LogP contribution in [-0.4, -0.2) is 43.9 Å². The molecule has 0 aliphatic carbocycles. The summed E-state index contributed by atoms with van der Waals surface area (Å²) in [5.74, 6) is -0.327. The molecule has 1 aliphatic rings. The molecule has 144 valence electrons. The summed E-state index contributed by atoms with van der Waals surface area (Å²) in [6.45, 7) is 6.55. The number of carbonyl (C=O) groups is 1. The average Bonchev–Trinajstić information content (AvgIpc) is 2.73. The molecule has 0 amide bonds. The molecule has 0 bridgehead atoms. The van der Waals surface area contributed by atoms with Crippen molar-refractivity contribution in [2.45, 2.75) is 19.9 Å². The largest absolute Gasteiger partial charge is 0.465 e. The summed E-state index contributed by atoms with van der Waals surface area (Å²) >= 11 is 0. The van der Waals surface area contributed by atoms with Gasteiger partial charge in [0.15, 0.2) is 0 Å². The van der Waals surface area contributed by atoms with E-state index in [4.69, 9.17) is 9.47 Å². The van der Waals surface area contributed by atoms with Crippen molar-refractivity contribution in [3.8, 4) is 11.1 Å². The number of ether oxygens (including phenoxy) is 2. The van der Waals surface area contributed by atoms with E-state index < -0.39 is 0 Å². The third-order valence-electron chi connectivity index (χ3n) is 5.38. The Hall–Kier alpha value is -2.92. The zero-order chi connectivity index (χ0) is 19.7. The molecule has 5 heteroatoms. The van der Waals surface area contributed by atoms with Gasteiger partial charge in [-0.25, -0.2) is 4.79 Å². The Morgan fingerprint density at radius 3 is 2.86 bits per heavy atom. The monoisotopic (exact) mass is 376 g/mol. The van der Waals surface area contributed by atoms with Gasteiger partial charge in [-0.2, -0.15) is 0 Å². The van der Waals surface area contributed by atoms with Gasteiger partial charge in [0.25, 0.3) is 0 Å². The lowest BCUT2D eigenvalue weighted by atomic mass is 9.96. The standard InChI is InChI=1S/C23H24N2O3/c1-15-4-5-18(23(26)27-3)11-21(15)17-6-7-20-19(10-17)12-24-13-22(20)25-8-9-28-14-16(25)2/h4-7,10-13,16H,8-9,14H2,1-3H3. The fourth-order valence-corrected chi connectivity index (χ4v) is 3.82. The molecule has 3 aromatic rings. The maximum absolute atomic E-state index is 11.9. The smallest absolute Gasteiger partial charge is 0.337 e. The van der Waals surface area contributed by atoms with Gasteiger partial charge in [0.2, 0.25) is 0 Å². The maximum Gasteiger partial charge on any atom is 0.337 e. The Morgan fingerprint density at radius 1 is 1.21 bits per heavy atom. The number of aryl methyl sites for hydroxylation is 1. The Kier molecular flexibility index (Phi) is 5.01.